The fraction of sp³-hybridized carbons (Fsp3) is 0.333. The Morgan fingerprint density at radius 3 is 2.54 bits per heavy atom. The van der Waals surface area contributed by atoms with Crippen LogP contribution in [0.2, 0.25) is 0 Å². The van der Waals surface area contributed by atoms with Crippen molar-refractivity contribution in [3.63, 3.8) is 0 Å². The molecule has 0 saturated carbocycles. The number of nitro groups is 1. The Kier molecular flexibility index (Phi) is 4.06. The van der Waals surface area contributed by atoms with Crippen LogP contribution in [0.15, 0.2) is 34.9 Å². The van der Waals surface area contributed by atoms with E-state index in [2.05, 4.69) is 4.98 Å². The number of pyridine rings is 1. The Morgan fingerprint density at radius 1 is 1.31 bits per heavy atom. The minimum absolute atomic E-state index is 0.165. The van der Waals surface area contributed by atoms with Crippen LogP contribution in [0.1, 0.15) is 33.3 Å². The lowest BCUT2D eigenvalue weighted by Gasteiger charge is -2.34. The van der Waals surface area contributed by atoms with Crippen LogP contribution in [-0.4, -0.2) is 25.8 Å². The van der Waals surface area contributed by atoms with Crippen molar-refractivity contribution in [3.05, 3.63) is 46.1 Å². The predicted molar refractivity (Wildman–Crippen MR) is 97.2 cm³/mol. The maximum atomic E-state index is 12.4. The normalized spacial score (nSPS) is 11.7. The Bertz CT molecular complexity index is 1010. The van der Waals surface area contributed by atoms with Crippen molar-refractivity contribution in [1.82, 2.24) is 9.38 Å². The molecule has 8 nitrogen and oxygen atoms in total. The molecule has 0 unspecified atom stereocenters. The summed E-state index contributed by atoms with van der Waals surface area (Å²) in [5.74, 6) is 0.222. The molecule has 0 aliphatic heterocycles. The van der Waals surface area contributed by atoms with Gasteiger partial charge >= 0.3 is 5.88 Å². The average Bonchev–Trinajstić information content (AvgIpc) is 3.10. The molecule has 0 aliphatic carbocycles. The number of nitrogens with zero attached hydrogens (tertiary/aromatic N) is 4. The Morgan fingerprint density at radius 2 is 2.00 bits per heavy atom. The Hall–Kier alpha value is -3.16. The summed E-state index contributed by atoms with van der Waals surface area (Å²) in [7, 11) is 0. The third-order valence-corrected chi connectivity index (χ3v) is 3.96. The number of imidazole rings is 1. The predicted octanol–water partition coefficient (Wildman–Crippen LogP) is 3.96. The summed E-state index contributed by atoms with van der Waals surface area (Å²) >= 11 is 0. The van der Waals surface area contributed by atoms with Crippen molar-refractivity contribution < 1.29 is 14.1 Å². The first-order chi connectivity index (χ1) is 12.1. The highest BCUT2D eigenvalue weighted by atomic mass is 16.6. The van der Waals surface area contributed by atoms with Crippen molar-refractivity contribution in [1.29, 1.82) is 0 Å². The number of fused-ring (bicyclic) bond motifs is 1. The van der Waals surface area contributed by atoms with Gasteiger partial charge in [0.05, 0.1) is 6.07 Å². The average molecular weight is 356 g/mol. The van der Waals surface area contributed by atoms with Crippen LogP contribution < -0.4 is 4.90 Å². The van der Waals surface area contributed by atoms with Crippen molar-refractivity contribution >= 4 is 23.3 Å². The fourth-order valence-corrected chi connectivity index (χ4v) is 3.00. The van der Waals surface area contributed by atoms with Crippen LogP contribution >= 0.6 is 0 Å². The topological polar surface area (TPSA) is 93.9 Å². The molecule has 1 amide bonds. The van der Waals surface area contributed by atoms with Crippen LogP contribution in [0.4, 0.5) is 11.7 Å². The van der Waals surface area contributed by atoms with E-state index in [0.717, 1.165) is 5.56 Å². The van der Waals surface area contributed by atoms with Gasteiger partial charge in [0.15, 0.2) is 11.6 Å². The highest BCUT2D eigenvalue weighted by Gasteiger charge is 2.33. The molecular weight excluding hydrogens is 336 g/mol. The van der Waals surface area contributed by atoms with E-state index in [4.69, 9.17) is 4.42 Å². The molecule has 0 N–H and O–H groups in total. The fourth-order valence-electron chi connectivity index (χ4n) is 3.00. The van der Waals surface area contributed by atoms with Crippen LogP contribution in [0.3, 0.4) is 0 Å². The van der Waals surface area contributed by atoms with Gasteiger partial charge in [-0.05, 0) is 51.5 Å². The van der Waals surface area contributed by atoms with Gasteiger partial charge in [0.2, 0.25) is 5.91 Å². The number of aromatic nitrogens is 2. The smallest absolute Gasteiger partial charge is 0.399 e. The van der Waals surface area contributed by atoms with Crippen molar-refractivity contribution in [2.45, 2.75) is 40.2 Å². The third kappa shape index (κ3) is 2.94. The lowest BCUT2D eigenvalue weighted by molar-refractivity contribution is -0.401. The van der Waals surface area contributed by atoms with E-state index in [1.165, 1.54) is 19.1 Å². The van der Waals surface area contributed by atoms with Crippen molar-refractivity contribution in [2.24, 2.45) is 0 Å². The van der Waals surface area contributed by atoms with Gasteiger partial charge in [-0.1, -0.05) is 0 Å². The Labute approximate surface area is 150 Å². The van der Waals surface area contributed by atoms with E-state index in [-0.39, 0.29) is 17.6 Å². The summed E-state index contributed by atoms with van der Waals surface area (Å²) in [5.41, 5.74) is 1.49. The molecule has 8 heteroatoms. The number of carbonyl (C=O) groups excluding carboxylic acids is 1. The maximum absolute atomic E-state index is 12.4. The van der Waals surface area contributed by atoms with Crippen molar-refractivity contribution in [3.8, 4) is 11.5 Å². The van der Waals surface area contributed by atoms with Gasteiger partial charge in [0.25, 0.3) is 0 Å². The SMILES string of the molecule is CC(=O)N(c1c(-c2ccc([N+](=O)[O-])o2)nc2cc(C)ccn12)C(C)(C)C. The molecule has 0 bridgehead atoms. The quantitative estimate of drug-likeness (QED) is 0.523. The molecule has 3 heterocycles. The number of amides is 1. The lowest BCUT2D eigenvalue weighted by Crippen LogP contribution is -2.45. The second-order valence-electron chi connectivity index (χ2n) is 7.14. The monoisotopic (exact) mass is 356 g/mol. The molecule has 0 radical (unpaired) electrons. The van der Waals surface area contributed by atoms with Gasteiger partial charge in [0, 0.05) is 18.7 Å². The second-order valence-corrected chi connectivity index (χ2v) is 7.14. The number of hydrogen-bond donors (Lipinski definition) is 0. The molecule has 0 spiro atoms. The van der Waals surface area contributed by atoms with Crippen molar-refractivity contribution in [2.75, 3.05) is 4.90 Å². The molecule has 3 rings (SSSR count). The molecule has 3 aromatic rings. The highest BCUT2D eigenvalue weighted by Crippen LogP contribution is 2.37. The van der Waals surface area contributed by atoms with Gasteiger partial charge in [-0.15, -0.1) is 0 Å². The summed E-state index contributed by atoms with van der Waals surface area (Å²) in [6.45, 7) is 9.16. The van der Waals surface area contributed by atoms with E-state index in [9.17, 15) is 14.9 Å². The number of rotatable bonds is 3. The zero-order valence-electron chi connectivity index (χ0n) is 15.3. The van der Waals surface area contributed by atoms with E-state index < -0.39 is 10.5 Å². The van der Waals surface area contributed by atoms with Crippen LogP contribution in [0.25, 0.3) is 17.1 Å². The summed E-state index contributed by atoms with van der Waals surface area (Å²) < 4.78 is 7.16. The second kappa shape index (κ2) is 5.98. The Balaban J connectivity index is 2.34. The van der Waals surface area contributed by atoms with E-state index in [1.54, 1.807) is 9.30 Å². The van der Waals surface area contributed by atoms with Crippen LogP contribution in [0.5, 0.6) is 0 Å². The van der Waals surface area contributed by atoms with E-state index in [0.29, 0.717) is 17.2 Å². The van der Waals surface area contributed by atoms with Gasteiger partial charge < -0.3 is 4.42 Å². The first-order valence-corrected chi connectivity index (χ1v) is 8.13. The third-order valence-electron chi connectivity index (χ3n) is 3.96. The summed E-state index contributed by atoms with van der Waals surface area (Å²) in [6, 6.07) is 6.57. The number of carbonyl (C=O) groups is 1. The first-order valence-electron chi connectivity index (χ1n) is 8.13. The molecular formula is C18H20N4O4. The van der Waals surface area contributed by atoms with Gasteiger partial charge in [-0.25, -0.2) is 4.98 Å². The number of furan rings is 1. The first kappa shape index (κ1) is 17.7. The number of anilines is 1. The highest BCUT2D eigenvalue weighted by molar-refractivity contribution is 5.96. The number of aryl methyl sites for hydroxylation is 1. The molecule has 0 atom stereocenters. The molecule has 0 aliphatic rings. The maximum Gasteiger partial charge on any atom is 0.433 e. The van der Waals surface area contributed by atoms with E-state index >= 15 is 0 Å². The van der Waals surface area contributed by atoms with Gasteiger partial charge in [-0.2, -0.15) is 0 Å². The zero-order valence-corrected chi connectivity index (χ0v) is 15.3. The molecule has 3 aromatic heterocycles. The molecule has 26 heavy (non-hydrogen) atoms. The zero-order chi connectivity index (χ0) is 19.2. The summed E-state index contributed by atoms with van der Waals surface area (Å²) in [5, 5.41) is 11.0. The molecule has 0 saturated heterocycles. The number of hydrogen-bond acceptors (Lipinski definition) is 5. The molecule has 136 valence electrons. The van der Waals surface area contributed by atoms with Crippen LogP contribution in [-0.2, 0) is 4.79 Å². The summed E-state index contributed by atoms with van der Waals surface area (Å²) in [6.07, 6.45) is 1.83. The van der Waals surface area contributed by atoms with Gasteiger partial charge in [-0.3, -0.25) is 24.2 Å². The largest absolute Gasteiger partial charge is 0.433 e. The molecule has 0 aromatic carbocycles. The van der Waals surface area contributed by atoms with Gasteiger partial charge in [0.1, 0.15) is 16.3 Å². The molecule has 0 fully saturated rings. The minimum Gasteiger partial charge on any atom is -0.399 e. The minimum atomic E-state index is -0.602. The van der Waals surface area contributed by atoms with E-state index in [1.807, 2.05) is 46.0 Å². The lowest BCUT2D eigenvalue weighted by atomic mass is 10.1. The summed E-state index contributed by atoms with van der Waals surface area (Å²) in [4.78, 5) is 29.0. The standard InChI is InChI=1S/C18H20N4O4/c1-11-8-9-20-14(10-11)19-16(13-6-7-15(26-13)22(24)25)17(20)21(12(2)23)18(3,4)5/h6-10H,1-5H3. The van der Waals surface area contributed by atoms with Crippen LogP contribution in [0, 0.1) is 17.0 Å².